The minimum absolute atomic E-state index is 0.142. The van der Waals surface area contributed by atoms with Crippen molar-refractivity contribution in [3.63, 3.8) is 0 Å². The Morgan fingerprint density at radius 1 is 1.62 bits per heavy atom. The Hall–Kier alpha value is -0.400. The van der Waals surface area contributed by atoms with Crippen LogP contribution in [0.25, 0.3) is 0 Å². The topological polar surface area (TPSA) is 55.2 Å². The Balaban J connectivity index is 2.28. The van der Waals surface area contributed by atoms with Gasteiger partial charge in [0.05, 0.1) is 6.33 Å². The monoisotopic (exact) mass is 307 g/mol. The Morgan fingerprint density at radius 2 is 2.31 bits per heavy atom. The van der Waals surface area contributed by atoms with Crippen LogP contribution in [-0.4, -0.2) is 40.2 Å². The van der Waals surface area contributed by atoms with Crippen LogP contribution in [0.5, 0.6) is 0 Å². The van der Waals surface area contributed by atoms with Crippen LogP contribution in [-0.2, 0) is 17.1 Å². The quantitative estimate of drug-likeness (QED) is 0.762. The van der Waals surface area contributed by atoms with E-state index >= 15 is 0 Å². The fourth-order valence-corrected chi connectivity index (χ4v) is 3.86. The number of alkyl halides is 1. The van der Waals surface area contributed by atoms with Crippen molar-refractivity contribution in [2.24, 2.45) is 7.05 Å². The molecule has 90 valence electrons. The van der Waals surface area contributed by atoms with E-state index in [0.717, 1.165) is 12.8 Å². The fourth-order valence-electron chi connectivity index (χ4n) is 1.59. The lowest BCUT2D eigenvalue weighted by Gasteiger charge is -2.19. The predicted octanol–water partition coefficient (Wildman–Crippen LogP) is 0.968. The maximum atomic E-state index is 12.2. The average Bonchev–Trinajstić information content (AvgIpc) is 2.96. The van der Waals surface area contributed by atoms with E-state index in [9.17, 15) is 8.42 Å². The lowest BCUT2D eigenvalue weighted by atomic mass is 10.6. The van der Waals surface area contributed by atoms with Gasteiger partial charge in [0.15, 0.2) is 5.03 Å². The third-order valence-corrected chi connectivity index (χ3v) is 4.71. The standard InChI is InChI=1S/C9H14BrN3O2S/c1-12-6-9(11-7-12)16(14,15)13(5-4-10)8-2-3-8/h6-8H,2-5H2,1H3. The lowest BCUT2D eigenvalue weighted by Crippen LogP contribution is -2.34. The number of aryl methyl sites for hydroxylation is 1. The van der Waals surface area contributed by atoms with Gasteiger partial charge >= 0.3 is 0 Å². The van der Waals surface area contributed by atoms with Crippen LogP contribution >= 0.6 is 15.9 Å². The van der Waals surface area contributed by atoms with E-state index < -0.39 is 10.0 Å². The SMILES string of the molecule is Cn1cnc(S(=O)(=O)N(CCBr)C2CC2)c1. The van der Waals surface area contributed by atoms with E-state index in [-0.39, 0.29) is 11.1 Å². The zero-order valence-electron chi connectivity index (χ0n) is 9.00. The number of imidazole rings is 1. The number of rotatable bonds is 5. The molecule has 16 heavy (non-hydrogen) atoms. The molecular formula is C9H14BrN3O2S. The first-order chi connectivity index (χ1) is 7.55. The second-order valence-electron chi connectivity index (χ2n) is 3.91. The van der Waals surface area contributed by atoms with Gasteiger partial charge in [-0.1, -0.05) is 15.9 Å². The van der Waals surface area contributed by atoms with Crippen LogP contribution < -0.4 is 0 Å². The van der Waals surface area contributed by atoms with Gasteiger partial charge in [0, 0.05) is 31.2 Å². The number of aromatic nitrogens is 2. The summed E-state index contributed by atoms with van der Waals surface area (Å²) in [4.78, 5) is 3.92. The summed E-state index contributed by atoms with van der Waals surface area (Å²) in [6.07, 6.45) is 4.96. The van der Waals surface area contributed by atoms with Crippen molar-refractivity contribution in [3.05, 3.63) is 12.5 Å². The highest BCUT2D eigenvalue weighted by atomic mass is 79.9. The van der Waals surface area contributed by atoms with Gasteiger partial charge in [-0.05, 0) is 12.8 Å². The van der Waals surface area contributed by atoms with Crippen molar-refractivity contribution in [1.82, 2.24) is 13.9 Å². The molecule has 0 amide bonds. The molecule has 0 bridgehead atoms. The molecule has 1 saturated carbocycles. The van der Waals surface area contributed by atoms with Crippen LogP contribution in [0.4, 0.5) is 0 Å². The van der Waals surface area contributed by atoms with Gasteiger partial charge in [0.25, 0.3) is 10.0 Å². The molecule has 1 fully saturated rings. The summed E-state index contributed by atoms with van der Waals surface area (Å²) in [5, 5.41) is 0.790. The molecule has 1 aromatic heterocycles. The summed E-state index contributed by atoms with van der Waals surface area (Å²) in [6, 6.07) is 0.171. The van der Waals surface area contributed by atoms with E-state index in [4.69, 9.17) is 0 Å². The van der Waals surface area contributed by atoms with Crippen LogP contribution in [0, 0.1) is 0 Å². The molecule has 1 aromatic rings. The number of nitrogens with zero attached hydrogens (tertiary/aromatic N) is 3. The summed E-state index contributed by atoms with van der Waals surface area (Å²) in [5.41, 5.74) is 0. The van der Waals surface area contributed by atoms with Crippen molar-refractivity contribution in [2.45, 2.75) is 23.9 Å². The van der Waals surface area contributed by atoms with Gasteiger partial charge in [0.1, 0.15) is 0 Å². The van der Waals surface area contributed by atoms with Crippen LogP contribution in [0.3, 0.4) is 0 Å². The summed E-state index contributed by atoms with van der Waals surface area (Å²) >= 11 is 3.28. The molecule has 0 aliphatic heterocycles. The lowest BCUT2D eigenvalue weighted by molar-refractivity contribution is 0.422. The molecule has 0 spiro atoms. The minimum Gasteiger partial charge on any atom is -0.339 e. The molecule has 2 rings (SSSR count). The zero-order chi connectivity index (χ0) is 11.8. The van der Waals surface area contributed by atoms with Gasteiger partial charge in [-0.2, -0.15) is 4.31 Å². The Kier molecular flexibility index (Phi) is 3.37. The summed E-state index contributed by atoms with van der Waals surface area (Å²) in [5.74, 6) is 0. The largest absolute Gasteiger partial charge is 0.339 e. The van der Waals surface area contributed by atoms with Crippen LogP contribution in [0.2, 0.25) is 0 Å². The maximum Gasteiger partial charge on any atom is 0.262 e. The highest BCUT2D eigenvalue weighted by Gasteiger charge is 2.38. The molecule has 1 heterocycles. The van der Waals surface area contributed by atoms with Gasteiger partial charge in [-0.15, -0.1) is 0 Å². The van der Waals surface area contributed by atoms with Gasteiger partial charge < -0.3 is 4.57 Å². The third-order valence-electron chi connectivity index (χ3n) is 2.51. The van der Waals surface area contributed by atoms with Crippen molar-refractivity contribution < 1.29 is 8.42 Å². The smallest absolute Gasteiger partial charge is 0.262 e. The van der Waals surface area contributed by atoms with Gasteiger partial charge in [-0.25, -0.2) is 13.4 Å². The van der Waals surface area contributed by atoms with Crippen molar-refractivity contribution in [3.8, 4) is 0 Å². The predicted molar refractivity (Wildman–Crippen MR) is 63.9 cm³/mol. The minimum atomic E-state index is -3.41. The average molecular weight is 308 g/mol. The molecule has 0 aromatic carbocycles. The highest BCUT2D eigenvalue weighted by molar-refractivity contribution is 9.09. The molecule has 0 N–H and O–H groups in total. The number of halogens is 1. The Labute approximate surface area is 104 Å². The van der Waals surface area contributed by atoms with E-state index in [2.05, 4.69) is 20.9 Å². The molecule has 5 nitrogen and oxygen atoms in total. The van der Waals surface area contributed by atoms with E-state index in [0.29, 0.717) is 11.9 Å². The Bertz CT molecular complexity index is 467. The van der Waals surface area contributed by atoms with E-state index in [1.165, 1.54) is 6.33 Å². The first-order valence-corrected chi connectivity index (χ1v) is 7.67. The van der Waals surface area contributed by atoms with E-state index in [1.807, 2.05) is 0 Å². The Morgan fingerprint density at radius 3 is 2.75 bits per heavy atom. The zero-order valence-corrected chi connectivity index (χ0v) is 11.4. The summed E-state index contributed by atoms with van der Waals surface area (Å²) in [7, 11) is -1.65. The first-order valence-electron chi connectivity index (χ1n) is 5.11. The number of sulfonamides is 1. The fraction of sp³-hybridized carbons (Fsp3) is 0.667. The molecule has 0 unspecified atom stereocenters. The van der Waals surface area contributed by atoms with Crippen molar-refractivity contribution in [2.75, 3.05) is 11.9 Å². The highest BCUT2D eigenvalue weighted by Crippen LogP contribution is 2.31. The number of hydrogen-bond acceptors (Lipinski definition) is 3. The summed E-state index contributed by atoms with van der Waals surface area (Å²) in [6.45, 7) is 0.504. The van der Waals surface area contributed by atoms with Crippen LogP contribution in [0.15, 0.2) is 17.6 Å². The molecule has 0 radical (unpaired) electrons. The van der Waals surface area contributed by atoms with Crippen LogP contribution in [0.1, 0.15) is 12.8 Å². The first kappa shape index (κ1) is 12.1. The van der Waals surface area contributed by atoms with Crippen molar-refractivity contribution >= 4 is 26.0 Å². The third kappa shape index (κ3) is 2.31. The number of hydrogen-bond donors (Lipinski definition) is 0. The summed E-state index contributed by atoms with van der Waals surface area (Å²) < 4.78 is 27.7. The van der Waals surface area contributed by atoms with Gasteiger partial charge in [0.2, 0.25) is 0 Å². The van der Waals surface area contributed by atoms with Gasteiger partial charge in [-0.3, -0.25) is 0 Å². The molecule has 7 heteroatoms. The molecule has 1 aliphatic rings. The second kappa shape index (κ2) is 4.46. The van der Waals surface area contributed by atoms with Crippen molar-refractivity contribution in [1.29, 1.82) is 0 Å². The molecule has 0 atom stereocenters. The second-order valence-corrected chi connectivity index (χ2v) is 6.54. The molecule has 0 saturated heterocycles. The maximum absolute atomic E-state index is 12.2. The molecule has 1 aliphatic carbocycles. The van der Waals surface area contributed by atoms with E-state index in [1.54, 1.807) is 22.1 Å². The molecular weight excluding hydrogens is 294 g/mol. The normalized spacial score (nSPS) is 16.9.